The number of unbranched alkanes of at least 4 members (excludes halogenated alkanes) is 4. The number of amides is 3. The van der Waals surface area contributed by atoms with E-state index in [1.54, 1.807) is 60.7 Å². The lowest BCUT2D eigenvalue weighted by Gasteiger charge is -2.15. The first-order chi connectivity index (χ1) is 23.8. The summed E-state index contributed by atoms with van der Waals surface area (Å²) < 4.78 is 11.2. The highest BCUT2D eigenvalue weighted by atomic mass is 16.5. The van der Waals surface area contributed by atoms with Gasteiger partial charge < -0.3 is 30.5 Å². The normalized spacial score (nSPS) is 11.3. The Bertz CT molecular complexity index is 1640. The van der Waals surface area contributed by atoms with Crippen LogP contribution in [0.1, 0.15) is 70.9 Å². The van der Waals surface area contributed by atoms with Crippen LogP contribution < -0.4 is 20.7 Å². The average molecular weight is 666 g/mol. The molecule has 1 atom stereocenters. The molecule has 0 aliphatic carbocycles. The van der Waals surface area contributed by atoms with Gasteiger partial charge in [-0.25, -0.2) is 4.79 Å². The highest BCUT2D eigenvalue weighted by molar-refractivity contribution is 6.04. The summed E-state index contributed by atoms with van der Waals surface area (Å²) in [7, 11) is 0. The van der Waals surface area contributed by atoms with Gasteiger partial charge >= 0.3 is 5.97 Å². The number of anilines is 2. The topological polar surface area (TPSA) is 143 Å². The van der Waals surface area contributed by atoms with Crippen molar-refractivity contribution in [2.75, 3.05) is 23.8 Å². The molecule has 0 aliphatic rings. The number of hydrogen-bond donors (Lipinski definition) is 4. The summed E-state index contributed by atoms with van der Waals surface area (Å²) >= 11 is 0. The zero-order chi connectivity index (χ0) is 34.8. The third-order valence-electron chi connectivity index (χ3n) is 7.66. The van der Waals surface area contributed by atoms with Gasteiger partial charge in [0.15, 0.2) is 0 Å². The van der Waals surface area contributed by atoms with Gasteiger partial charge in [0.25, 0.3) is 11.8 Å². The van der Waals surface area contributed by atoms with Gasteiger partial charge in [-0.15, -0.1) is 0 Å². The fraction of sp³-hybridized carbons (Fsp3) is 0.282. The molecular weight excluding hydrogens is 622 g/mol. The minimum absolute atomic E-state index is 0.0342. The molecule has 0 fully saturated rings. The number of aliphatic carboxylic acids is 1. The molecule has 0 heterocycles. The standard InChI is InChI=1S/C39H43N3O7/c1-2-3-4-5-9-24-49-34-22-16-31(17-23-34)37(44)41-33-18-12-28(13-19-33)25-35(39(46)47)42-38(45)30-14-20-32(21-15-30)40-36(43)27-48-26-29-10-7-6-8-11-29/h6-8,10-23,35H,2-5,9,24-27H2,1H3,(H,40,43)(H,41,44)(H,42,45)(H,46,47)/t35-/m0/s1. The van der Waals surface area contributed by atoms with E-state index in [4.69, 9.17) is 9.47 Å². The first-order valence-corrected chi connectivity index (χ1v) is 16.5. The van der Waals surface area contributed by atoms with E-state index in [1.165, 1.54) is 31.4 Å². The Balaban J connectivity index is 1.21. The molecule has 49 heavy (non-hydrogen) atoms. The predicted octanol–water partition coefficient (Wildman–Crippen LogP) is 6.87. The summed E-state index contributed by atoms with van der Waals surface area (Å²) in [5, 5.41) is 17.9. The van der Waals surface area contributed by atoms with Crippen molar-refractivity contribution >= 4 is 35.1 Å². The van der Waals surface area contributed by atoms with Gasteiger partial charge in [0, 0.05) is 28.9 Å². The molecule has 0 saturated heterocycles. The number of carboxylic acid groups (broad SMARTS) is 1. The average Bonchev–Trinajstić information content (AvgIpc) is 3.11. The van der Waals surface area contributed by atoms with E-state index in [9.17, 15) is 24.3 Å². The number of benzene rings is 4. The Morgan fingerprint density at radius 1 is 0.673 bits per heavy atom. The summed E-state index contributed by atoms with van der Waals surface area (Å²) in [5.74, 6) is -1.65. The van der Waals surface area contributed by atoms with Crippen LogP contribution in [0.5, 0.6) is 5.75 Å². The quantitative estimate of drug-likeness (QED) is 0.0801. The number of carbonyl (C=O) groups excluding carboxylic acids is 3. The summed E-state index contributed by atoms with van der Waals surface area (Å²) in [5.41, 5.74) is 3.36. The zero-order valence-corrected chi connectivity index (χ0v) is 27.7. The minimum Gasteiger partial charge on any atom is -0.494 e. The van der Waals surface area contributed by atoms with E-state index in [1.807, 2.05) is 30.3 Å². The summed E-state index contributed by atoms with van der Waals surface area (Å²) in [6.45, 7) is 3.01. The van der Waals surface area contributed by atoms with Crippen LogP contribution in [-0.2, 0) is 27.4 Å². The van der Waals surface area contributed by atoms with Crippen molar-refractivity contribution in [2.45, 2.75) is 58.1 Å². The lowest BCUT2D eigenvalue weighted by molar-refractivity contribution is -0.139. The molecule has 0 radical (unpaired) electrons. The highest BCUT2D eigenvalue weighted by Crippen LogP contribution is 2.17. The summed E-state index contributed by atoms with van der Waals surface area (Å²) in [6, 6.07) is 28.2. The molecular formula is C39H43N3O7. The third kappa shape index (κ3) is 12.6. The van der Waals surface area contributed by atoms with Crippen LogP contribution in [0, 0.1) is 0 Å². The third-order valence-corrected chi connectivity index (χ3v) is 7.66. The SMILES string of the molecule is CCCCCCCOc1ccc(C(=O)Nc2ccc(C[C@H](NC(=O)c3ccc(NC(=O)COCc4ccccc4)cc3)C(=O)O)cc2)cc1. The molecule has 256 valence electrons. The second-order valence-corrected chi connectivity index (χ2v) is 11.6. The number of ether oxygens (including phenoxy) is 2. The van der Waals surface area contributed by atoms with Crippen molar-refractivity contribution in [3.63, 3.8) is 0 Å². The summed E-state index contributed by atoms with van der Waals surface area (Å²) in [4.78, 5) is 49.8. The van der Waals surface area contributed by atoms with Gasteiger partial charge in [-0.1, -0.05) is 75.1 Å². The fourth-order valence-corrected chi connectivity index (χ4v) is 4.94. The van der Waals surface area contributed by atoms with Gasteiger partial charge in [0.1, 0.15) is 18.4 Å². The largest absolute Gasteiger partial charge is 0.494 e. The van der Waals surface area contributed by atoms with E-state index in [2.05, 4.69) is 22.9 Å². The lowest BCUT2D eigenvalue weighted by Crippen LogP contribution is -2.42. The number of nitrogens with one attached hydrogen (secondary N) is 3. The molecule has 4 rings (SSSR count). The van der Waals surface area contributed by atoms with Crippen LogP contribution >= 0.6 is 0 Å². The molecule has 3 amide bonds. The second kappa shape index (κ2) is 19.4. The van der Waals surface area contributed by atoms with E-state index in [0.29, 0.717) is 35.7 Å². The summed E-state index contributed by atoms with van der Waals surface area (Å²) in [6.07, 6.45) is 5.83. The molecule has 0 bridgehead atoms. The van der Waals surface area contributed by atoms with Crippen LogP contribution in [0.2, 0.25) is 0 Å². The van der Waals surface area contributed by atoms with Crippen molar-refractivity contribution in [1.29, 1.82) is 0 Å². The van der Waals surface area contributed by atoms with Crippen molar-refractivity contribution in [1.82, 2.24) is 5.32 Å². The van der Waals surface area contributed by atoms with Crippen molar-refractivity contribution in [3.8, 4) is 5.75 Å². The van der Waals surface area contributed by atoms with Crippen LogP contribution in [0.3, 0.4) is 0 Å². The number of rotatable bonds is 19. The Kier molecular flexibility index (Phi) is 14.4. The Hall–Kier alpha value is -5.48. The van der Waals surface area contributed by atoms with Crippen LogP contribution in [0.25, 0.3) is 0 Å². The molecule has 0 aliphatic heterocycles. The maximum absolute atomic E-state index is 12.9. The number of carbonyl (C=O) groups is 4. The van der Waals surface area contributed by atoms with Crippen LogP contribution in [0.15, 0.2) is 103 Å². The molecule has 0 saturated carbocycles. The molecule has 10 heteroatoms. The van der Waals surface area contributed by atoms with E-state index < -0.39 is 17.9 Å². The van der Waals surface area contributed by atoms with Gasteiger partial charge in [0.2, 0.25) is 5.91 Å². The first kappa shape index (κ1) is 36.4. The number of carboxylic acids is 1. The number of hydrogen-bond acceptors (Lipinski definition) is 6. The van der Waals surface area contributed by atoms with E-state index in [-0.39, 0.29) is 30.4 Å². The Morgan fingerprint density at radius 3 is 1.96 bits per heavy atom. The molecule has 0 spiro atoms. The van der Waals surface area contributed by atoms with E-state index in [0.717, 1.165) is 24.2 Å². The Morgan fingerprint density at radius 2 is 1.29 bits per heavy atom. The Labute approximate surface area is 286 Å². The molecule has 4 N–H and O–H groups in total. The second-order valence-electron chi connectivity index (χ2n) is 11.6. The predicted molar refractivity (Wildman–Crippen MR) is 189 cm³/mol. The maximum Gasteiger partial charge on any atom is 0.326 e. The van der Waals surface area contributed by atoms with Gasteiger partial charge in [0.05, 0.1) is 13.2 Å². The van der Waals surface area contributed by atoms with E-state index >= 15 is 0 Å². The lowest BCUT2D eigenvalue weighted by atomic mass is 10.0. The van der Waals surface area contributed by atoms with Crippen LogP contribution in [-0.4, -0.2) is 48.1 Å². The smallest absolute Gasteiger partial charge is 0.326 e. The van der Waals surface area contributed by atoms with Gasteiger partial charge in [-0.3, -0.25) is 14.4 Å². The monoisotopic (exact) mass is 665 g/mol. The maximum atomic E-state index is 12.9. The van der Waals surface area contributed by atoms with Crippen molar-refractivity contribution < 1.29 is 33.8 Å². The van der Waals surface area contributed by atoms with Gasteiger partial charge in [-0.05, 0) is 78.2 Å². The molecule has 4 aromatic carbocycles. The van der Waals surface area contributed by atoms with Crippen molar-refractivity contribution in [3.05, 3.63) is 125 Å². The van der Waals surface area contributed by atoms with Gasteiger partial charge in [-0.2, -0.15) is 0 Å². The molecule has 0 unspecified atom stereocenters. The fourth-order valence-electron chi connectivity index (χ4n) is 4.94. The molecule has 4 aromatic rings. The van der Waals surface area contributed by atoms with Crippen LogP contribution in [0.4, 0.5) is 11.4 Å². The van der Waals surface area contributed by atoms with Crippen molar-refractivity contribution in [2.24, 2.45) is 0 Å². The zero-order valence-electron chi connectivity index (χ0n) is 27.7. The molecule has 10 nitrogen and oxygen atoms in total. The first-order valence-electron chi connectivity index (χ1n) is 16.5. The molecule has 0 aromatic heterocycles. The minimum atomic E-state index is -1.19. The highest BCUT2D eigenvalue weighted by Gasteiger charge is 2.21.